The lowest BCUT2D eigenvalue weighted by atomic mass is 10.1. The Balaban J connectivity index is 1.68. The normalized spacial score (nSPS) is 16.1. The van der Waals surface area contributed by atoms with Crippen molar-refractivity contribution in [1.82, 2.24) is 15.1 Å². The molecule has 0 bridgehead atoms. The van der Waals surface area contributed by atoms with Gasteiger partial charge in [0.1, 0.15) is 0 Å². The standard InChI is InChI=1S/C16H25N3O/c1-2-9-17-16(20)19-13-11-18(12-14-19)10-8-15-6-4-3-5-7-15/h3-7H,2,8-14H2,1H3,(H,17,20). The summed E-state index contributed by atoms with van der Waals surface area (Å²) >= 11 is 0. The van der Waals surface area contributed by atoms with Gasteiger partial charge in [0.2, 0.25) is 0 Å². The lowest BCUT2D eigenvalue weighted by Gasteiger charge is -2.34. The monoisotopic (exact) mass is 275 g/mol. The van der Waals surface area contributed by atoms with Gasteiger partial charge in [0.05, 0.1) is 0 Å². The van der Waals surface area contributed by atoms with E-state index in [0.717, 1.165) is 52.1 Å². The van der Waals surface area contributed by atoms with Crippen LogP contribution in [0.5, 0.6) is 0 Å². The van der Waals surface area contributed by atoms with Gasteiger partial charge in [0, 0.05) is 39.3 Å². The van der Waals surface area contributed by atoms with Crippen molar-refractivity contribution in [3.8, 4) is 0 Å². The van der Waals surface area contributed by atoms with Crippen LogP contribution in [-0.4, -0.2) is 55.1 Å². The molecule has 1 aliphatic heterocycles. The van der Waals surface area contributed by atoms with E-state index >= 15 is 0 Å². The van der Waals surface area contributed by atoms with Crippen LogP contribution in [0.2, 0.25) is 0 Å². The van der Waals surface area contributed by atoms with Crippen molar-refractivity contribution in [2.45, 2.75) is 19.8 Å². The Labute approximate surface area is 121 Å². The van der Waals surface area contributed by atoms with Gasteiger partial charge in [-0.1, -0.05) is 37.3 Å². The van der Waals surface area contributed by atoms with Crippen LogP contribution < -0.4 is 5.32 Å². The Morgan fingerprint density at radius 3 is 2.50 bits per heavy atom. The fraction of sp³-hybridized carbons (Fsp3) is 0.562. The highest BCUT2D eigenvalue weighted by atomic mass is 16.2. The Hall–Kier alpha value is -1.55. The van der Waals surface area contributed by atoms with Gasteiger partial charge in [0.25, 0.3) is 0 Å². The summed E-state index contributed by atoms with van der Waals surface area (Å²) in [5.41, 5.74) is 1.38. The summed E-state index contributed by atoms with van der Waals surface area (Å²) in [5.74, 6) is 0. The molecule has 1 aromatic carbocycles. The smallest absolute Gasteiger partial charge is 0.317 e. The first-order chi connectivity index (χ1) is 9.79. The predicted molar refractivity (Wildman–Crippen MR) is 81.8 cm³/mol. The van der Waals surface area contributed by atoms with E-state index in [1.165, 1.54) is 5.56 Å². The van der Waals surface area contributed by atoms with E-state index in [1.54, 1.807) is 0 Å². The molecule has 1 aliphatic rings. The molecule has 1 saturated heterocycles. The number of nitrogens with one attached hydrogen (secondary N) is 1. The van der Waals surface area contributed by atoms with Crippen LogP contribution in [0, 0.1) is 0 Å². The van der Waals surface area contributed by atoms with E-state index in [4.69, 9.17) is 0 Å². The average Bonchev–Trinajstić information content (AvgIpc) is 2.52. The minimum atomic E-state index is 0.0922. The molecule has 1 aromatic rings. The molecule has 0 aromatic heterocycles. The van der Waals surface area contributed by atoms with Crippen molar-refractivity contribution in [2.24, 2.45) is 0 Å². The predicted octanol–water partition coefficient (Wildman–Crippen LogP) is 1.97. The van der Waals surface area contributed by atoms with Gasteiger partial charge in [-0.15, -0.1) is 0 Å². The lowest BCUT2D eigenvalue weighted by Crippen LogP contribution is -2.52. The largest absolute Gasteiger partial charge is 0.338 e. The van der Waals surface area contributed by atoms with Gasteiger partial charge in [-0.05, 0) is 18.4 Å². The number of rotatable bonds is 5. The van der Waals surface area contributed by atoms with Gasteiger partial charge in [0.15, 0.2) is 0 Å². The van der Waals surface area contributed by atoms with E-state index in [9.17, 15) is 4.79 Å². The van der Waals surface area contributed by atoms with E-state index in [1.807, 2.05) is 4.90 Å². The van der Waals surface area contributed by atoms with Crippen LogP contribution in [0.25, 0.3) is 0 Å². The highest BCUT2D eigenvalue weighted by Crippen LogP contribution is 2.05. The minimum absolute atomic E-state index is 0.0922. The number of nitrogens with zero attached hydrogens (tertiary/aromatic N) is 2. The van der Waals surface area contributed by atoms with Crippen molar-refractivity contribution in [3.05, 3.63) is 35.9 Å². The van der Waals surface area contributed by atoms with Crippen LogP contribution in [-0.2, 0) is 6.42 Å². The van der Waals surface area contributed by atoms with Crippen molar-refractivity contribution in [3.63, 3.8) is 0 Å². The lowest BCUT2D eigenvalue weighted by molar-refractivity contribution is 0.140. The molecule has 4 heteroatoms. The maximum atomic E-state index is 11.8. The first-order valence-electron chi connectivity index (χ1n) is 7.58. The maximum Gasteiger partial charge on any atom is 0.317 e. The molecule has 4 nitrogen and oxygen atoms in total. The Morgan fingerprint density at radius 2 is 1.85 bits per heavy atom. The van der Waals surface area contributed by atoms with Crippen molar-refractivity contribution in [1.29, 1.82) is 0 Å². The zero-order valence-electron chi connectivity index (χ0n) is 12.3. The van der Waals surface area contributed by atoms with Gasteiger partial charge in [-0.3, -0.25) is 4.90 Å². The second-order valence-electron chi connectivity index (χ2n) is 5.30. The maximum absolute atomic E-state index is 11.8. The van der Waals surface area contributed by atoms with Crippen molar-refractivity contribution >= 4 is 6.03 Å². The molecule has 0 radical (unpaired) electrons. The average molecular weight is 275 g/mol. The molecule has 0 unspecified atom stereocenters. The van der Waals surface area contributed by atoms with Crippen LogP contribution >= 0.6 is 0 Å². The third kappa shape index (κ3) is 4.53. The molecule has 0 spiro atoms. The fourth-order valence-electron chi connectivity index (χ4n) is 2.45. The van der Waals surface area contributed by atoms with Crippen LogP contribution in [0.3, 0.4) is 0 Å². The number of piperazine rings is 1. The molecule has 20 heavy (non-hydrogen) atoms. The summed E-state index contributed by atoms with van der Waals surface area (Å²) in [4.78, 5) is 16.2. The van der Waals surface area contributed by atoms with Gasteiger partial charge in [-0.25, -0.2) is 4.79 Å². The molecule has 0 saturated carbocycles. The zero-order valence-corrected chi connectivity index (χ0v) is 12.3. The highest BCUT2D eigenvalue weighted by molar-refractivity contribution is 5.74. The van der Waals surface area contributed by atoms with E-state index in [0.29, 0.717) is 0 Å². The molecule has 2 rings (SSSR count). The molecule has 1 heterocycles. The van der Waals surface area contributed by atoms with Crippen LogP contribution in [0.1, 0.15) is 18.9 Å². The fourth-order valence-corrected chi connectivity index (χ4v) is 2.45. The number of carbonyl (C=O) groups excluding carboxylic acids is 1. The summed E-state index contributed by atoms with van der Waals surface area (Å²) in [6.07, 6.45) is 2.08. The Morgan fingerprint density at radius 1 is 1.15 bits per heavy atom. The van der Waals surface area contributed by atoms with Crippen molar-refractivity contribution < 1.29 is 4.79 Å². The molecule has 1 fully saturated rings. The minimum Gasteiger partial charge on any atom is -0.338 e. The second kappa shape index (κ2) is 7.90. The van der Waals surface area contributed by atoms with E-state index in [-0.39, 0.29) is 6.03 Å². The molecular weight excluding hydrogens is 250 g/mol. The summed E-state index contributed by atoms with van der Waals surface area (Å²) < 4.78 is 0. The quantitative estimate of drug-likeness (QED) is 0.891. The molecule has 0 atom stereocenters. The third-order valence-corrected chi connectivity index (χ3v) is 3.75. The van der Waals surface area contributed by atoms with Crippen molar-refractivity contribution in [2.75, 3.05) is 39.3 Å². The highest BCUT2D eigenvalue weighted by Gasteiger charge is 2.20. The van der Waals surface area contributed by atoms with E-state index < -0.39 is 0 Å². The number of benzene rings is 1. The first kappa shape index (κ1) is 14.9. The molecular formula is C16H25N3O. The molecule has 0 aliphatic carbocycles. The summed E-state index contributed by atoms with van der Waals surface area (Å²) in [7, 11) is 0. The van der Waals surface area contributed by atoms with Gasteiger partial charge < -0.3 is 10.2 Å². The van der Waals surface area contributed by atoms with Gasteiger partial charge >= 0.3 is 6.03 Å². The number of urea groups is 1. The first-order valence-corrected chi connectivity index (χ1v) is 7.58. The summed E-state index contributed by atoms with van der Waals surface area (Å²) in [5, 5.41) is 2.94. The van der Waals surface area contributed by atoms with Gasteiger partial charge in [-0.2, -0.15) is 0 Å². The Kier molecular flexibility index (Phi) is 5.87. The van der Waals surface area contributed by atoms with E-state index in [2.05, 4.69) is 47.5 Å². The summed E-state index contributed by atoms with van der Waals surface area (Å²) in [6.45, 7) is 7.55. The molecule has 1 N–H and O–H groups in total. The zero-order chi connectivity index (χ0) is 14.2. The second-order valence-corrected chi connectivity index (χ2v) is 5.30. The third-order valence-electron chi connectivity index (χ3n) is 3.75. The number of amides is 2. The molecule has 110 valence electrons. The molecule has 2 amide bonds. The number of hydrogen-bond donors (Lipinski definition) is 1. The number of carbonyl (C=O) groups is 1. The van der Waals surface area contributed by atoms with Crippen LogP contribution in [0.4, 0.5) is 4.79 Å². The SMILES string of the molecule is CCCNC(=O)N1CCN(CCc2ccccc2)CC1. The van der Waals surface area contributed by atoms with Crippen LogP contribution in [0.15, 0.2) is 30.3 Å². The summed E-state index contributed by atoms with van der Waals surface area (Å²) in [6, 6.07) is 10.7. The number of hydrogen-bond acceptors (Lipinski definition) is 2. The Bertz CT molecular complexity index is 399. The topological polar surface area (TPSA) is 35.6 Å².